The van der Waals surface area contributed by atoms with Crippen LogP contribution in [0.15, 0.2) is 46.8 Å². The number of aromatic nitrogens is 1. The molecular formula is C24H22F4N2O5S2. The summed E-state index contributed by atoms with van der Waals surface area (Å²) in [6, 6.07) is 8.74. The van der Waals surface area contributed by atoms with E-state index in [4.69, 9.17) is 9.84 Å². The van der Waals surface area contributed by atoms with Gasteiger partial charge in [0, 0.05) is 11.6 Å². The van der Waals surface area contributed by atoms with Crippen molar-refractivity contribution in [3.8, 4) is 16.3 Å². The molecule has 13 heteroatoms. The Kier molecular flexibility index (Phi) is 7.47. The van der Waals surface area contributed by atoms with Gasteiger partial charge in [0.15, 0.2) is 4.21 Å². The lowest BCUT2D eigenvalue weighted by Crippen LogP contribution is -2.27. The Morgan fingerprint density at radius 1 is 1.14 bits per heavy atom. The van der Waals surface area contributed by atoms with Gasteiger partial charge < -0.3 is 9.84 Å². The maximum Gasteiger partial charge on any atom is 0.391 e. The van der Waals surface area contributed by atoms with Gasteiger partial charge >= 0.3 is 12.1 Å². The van der Waals surface area contributed by atoms with Crippen LogP contribution >= 0.6 is 11.3 Å². The second-order valence-electron chi connectivity index (χ2n) is 8.64. The molecule has 2 aromatic carbocycles. The number of hydrogen-bond acceptors (Lipinski definition) is 6. The molecule has 4 rings (SSSR count). The third-order valence-electron chi connectivity index (χ3n) is 6.33. The van der Waals surface area contributed by atoms with E-state index in [0.29, 0.717) is 23.4 Å². The molecule has 1 fully saturated rings. The number of thiazole rings is 1. The van der Waals surface area contributed by atoms with Gasteiger partial charge in [-0.25, -0.2) is 22.6 Å². The summed E-state index contributed by atoms with van der Waals surface area (Å²) in [5.74, 6) is -4.06. The third-order valence-corrected chi connectivity index (χ3v) is 9.21. The Bertz CT molecular complexity index is 1400. The van der Waals surface area contributed by atoms with Crippen LogP contribution in [0.3, 0.4) is 0 Å². The summed E-state index contributed by atoms with van der Waals surface area (Å²) in [4.78, 5) is 15.3. The van der Waals surface area contributed by atoms with Gasteiger partial charge in [0.25, 0.3) is 10.0 Å². The number of sulfonamides is 1. The first kappa shape index (κ1) is 26.9. The molecule has 0 atom stereocenters. The zero-order valence-electron chi connectivity index (χ0n) is 19.4. The molecule has 0 spiro atoms. The highest BCUT2D eigenvalue weighted by Crippen LogP contribution is 2.43. The number of alkyl halides is 3. The van der Waals surface area contributed by atoms with Crippen LogP contribution in [-0.4, -0.2) is 37.8 Å². The zero-order chi connectivity index (χ0) is 27.0. The standard InChI is InChI=1S/C24H22F4N2O5S2/c1-35-20-10-17(23(31)32)18(25)11-19(20)30-37(33,34)21-12-29-22(36-21)15-4-2-13(3-5-15)14-6-8-16(9-7-14)24(26,27)28/h2-5,10-12,14,16,30H,6-9H2,1H3,(H,31,32). The summed E-state index contributed by atoms with van der Waals surface area (Å²) in [6.07, 6.45) is -1.91. The Labute approximate surface area is 214 Å². The maximum absolute atomic E-state index is 14.1. The fourth-order valence-electron chi connectivity index (χ4n) is 4.33. The Morgan fingerprint density at radius 3 is 2.35 bits per heavy atom. The van der Waals surface area contributed by atoms with Crippen LogP contribution in [0.1, 0.15) is 47.5 Å². The number of nitrogens with zero attached hydrogens (tertiary/aromatic N) is 1. The fraction of sp³-hybridized carbons (Fsp3) is 0.333. The molecule has 1 heterocycles. The third kappa shape index (κ3) is 5.87. The van der Waals surface area contributed by atoms with E-state index < -0.39 is 39.5 Å². The SMILES string of the molecule is COc1cc(C(=O)O)c(F)cc1NS(=O)(=O)c1cnc(-c2ccc(C3CCC(C(F)(F)F)CC3)cc2)s1. The number of carbonyl (C=O) groups is 1. The van der Waals surface area contributed by atoms with E-state index in [9.17, 15) is 30.8 Å². The lowest BCUT2D eigenvalue weighted by molar-refractivity contribution is -0.182. The van der Waals surface area contributed by atoms with Crippen LogP contribution in [0.25, 0.3) is 10.6 Å². The van der Waals surface area contributed by atoms with Crippen molar-refractivity contribution >= 4 is 33.0 Å². The number of carboxylic acids is 1. The van der Waals surface area contributed by atoms with Gasteiger partial charge in [-0.15, -0.1) is 11.3 Å². The van der Waals surface area contributed by atoms with E-state index in [1.807, 2.05) is 12.1 Å². The minimum Gasteiger partial charge on any atom is -0.495 e. The molecule has 1 aromatic heterocycles. The molecule has 0 radical (unpaired) electrons. The smallest absolute Gasteiger partial charge is 0.391 e. The fourth-order valence-corrected chi connectivity index (χ4v) is 6.53. The number of anilines is 1. The highest BCUT2D eigenvalue weighted by Gasteiger charge is 2.41. The normalized spacial score (nSPS) is 18.4. The molecule has 0 amide bonds. The first-order chi connectivity index (χ1) is 17.4. The van der Waals surface area contributed by atoms with Crippen LogP contribution in [0.4, 0.5) is 23.2 Å². The van der Waals surface area contributed by atoms with Crippen LogP contribution in [0, 0.1) is 11.7 Å². The van der Waals surface area contributed by atoms with Gasteiger partial charge in [0.2, 0.25) is 0 Å². The van der Waals surface area contributed by atoms with Crippen LogP contribution < -0.4 is 9.46 Å². The van der Waals surface area contributed by atoms with Crippen molar-refractivity contribution < 1.29 is 40.6 Å². The lowest BCUT2D eigenvalue weighted by atomic mass is 9.78. The van der Waals surface area contributed by atoms with E-state index >= 15 is 0 Å². The van der Waals surface area contributed by atoms with Crippen LogP contribution in [0.2, 0.25) is 0 Å². The molecular weight excluding hydrogens is 536 g/mol. The second-order valence-corrected chi connectivity index (χ2v) is 11.6. The van der Waals surface area contributed by atoms with Crippen LogP contribution in [0.5, 0.6) is 5.75 Å². The average Bonchev–Trinajstić information content (AvgIpc) is 3.35. The van der Waals surface area contributed by atoms with Gasteiger partial charge in [0.1, 0.15) is 16.6 Å². The lowest BCUT2D eigenvalue weighted by Gasteiger charge is -2.30. The summed E-state index contributed by atoms with van der Waals surface area (Å²) >= 11 is 0.867. The average molecular weight is 559 g/mol. The van der Waals surface area contributed by atoms with Gasteiger partial charge in [-0.05, 0) is 43.2 Å². The number of halogens is 4. The minimum atomic E-state index is -4.21. The number of rotatable bonds is 7. The summed E-state index contributed by atoms with van der Waals surface area (Å²) < 4.78 is 85.7. The van der Waals surface area contributed by atoms with Crippen molar-refractivity contribution in [2.24, 2.45) is 5.92 Å². The topological polar surface area (TPSA) is 106 Å². The Hall–Kier alpha value is -3.19. The van der Waals surface area contributed by atoms with Gasteiger partial charge in [0.05, 0.1) is 30.5 Å². The molecule has 0 saturated heterocycles. The van der Waals surface area contributed by atoms with Crippen LogP contribution in [-0.2, 0) is 10.0 Å². The second kappa shape index (κ2) is 10.3. The molecule has 7 nitrogen and oxygen atoms in total. The molecule has 2 N–H and O–H groups in total. The maximum atomic E-state index is 14.1. The van der Waals surface area contributed by atoms with Gasteiger partial charge in [-0.2, -0.15) is 13.2 Å². The molecule has 0 aliphatic heterocycles. The minimum absolute atomic E-state index is 0.0342. The van der Waals surface area contributed by atoms with Crippen molar-refractivity contribution in [1.82, 2.24) is 4.98 Å². The number of hydrogen-bond donors (Lipinski definition) is 2. The number of methoxy groups -OCH3 is 1. The highest BCUT2D eigenvalue weighted by molar-refractivity contribution is 7.94. The molecule has 1 saturated carbocycles. The molecule has 0 unspecified atom stereocenters. The highest BCUT2D eigenvalue weighted by atomic mass is 32.2. The number of aromatic carboxylic acids is 1. The number of nitrogens with one attached hydrogen (secondary N) is 1. The largest absolute Gasteiger partial charge is 0.495 e. The first-order valence-corrected chi connectivity index (χ1v) is 13.5. The Balaban J connectivity index is 1.49. The van der Waals surface area contributed by atoms with Crippen molar-refractivity contribution in [3.05, 3.63) is 59.5 Å². The summed E-state index contributed by atoms with van der Waals surface area (Å²) in [5, 5.41) is 9.44. The molecule has 1 aliphatic rings. The van der Waals surface area contributed by atoms with Crippen molar-refractivity contribution in [1.29, 1.82) is 0 Å². The monoisotopic (exact) mass is 558 g/mol. The summed E-state index contributed by atoms with van der Waals surface area (Å²) in [6.45, 7) is 0. The van der Waals surface area contributed by atoms with Gasteiger partial charge in [-0.1, -0.05) is 24.3 Å². The van der Waals surface area contributed by atoms with Crippen molar-refractivity contribution in [3.63, 3.8) is 0 Å². The molecule has 198 valence electrons. The van der Waals surface area contributed by atoms with Crippen molar-refractivity contribution in [2.45, 2.75) is 42.0 Å². The van der Waals surface area contributed by atoms with Gasteiger partial charge in [-0.3, -0.25) is 4.72 Å². The molecule has 1 aliphatic carbocycles. The predicted molar refractivity (Wildman–Crippen MR) is 129 cm³/mol. The van der Waals surface area contributed by atoms with E-state index in [-0.39, 0.29) is 34.4 Å². The summed E-state index contributed by atoms with van der Waals surface area (Å²) in [7, 11) is -3.02. The zero-order valence-corrected chi connectivity index (χ0v) is 21.0. The van der Waals surface area contributed by atoms with E-state index in [1.165, 1.54) is 7.11 Å². The number of ether oxygens (including phenoxy) is 1. The van der Waals surface area contributed by atoms with E-state index in [1.54, 1.807) is 12.1 Å². The Morgan fingerprint density at radius 2 is 1.78 bits per heavy atom. The molecule has 3 aromatic rings. The number of benzene rings is 2. The quantitative estimate of drug-likeness (QED) is 0.330. The molecule has 37 heavy (non-hydrogen) atoms. The first-order valence-electron chi connectivity index (χ1n) is 11.2. The van der Waals surface area contributed by atoms with E-state index in [2.05, 4.69) is 9.71 Å². The van der Waals surface area contributed by atoms with E-state index in [0.717, 1.165) is 35.2 Å². The van der Waals surface area contributed by atoms with Crippen molar-refractivity contribution in [2.75, 3.05) is 11.8 Å². The molecule has 0 bridgehead atoms. The predicted octanol–water partition coefficient (Wildman–Crippen LogP) is 6.29. The summed E-state index contributed by atoms with van der Waals surface area (Å²) in [5.41, 5.74) is 0.615. The number of carboxylic acid groups (broad SMARTS) is 1.